The van der Waals surface area contributed by atoms with Gasteiger partial charge in [0.1, 0.15) is 0 Å². The Morgan fingerprint density at radius 1 is 1.05 bits per heavy atom. The van der Waals surface area contributed by atoms with Gasteiger partial charge in [-0.3, -0.25) is 9.59 Å². The first-order valence-electron chi connectivity index (χ1n) is 5.74. The fourth-order valence-corrected chi connectivity index (χ4v) is 3.17. The van der Waals surface area contributed by atoms with Gasteiger partial charge in [-0.25, -0.2) is 0 Å². The van der Waals surface area contributed by atoms with E-state index >= 15 is 0 Å². The predicted octanol–water partition coefficient (Wildman–Crippen LogP) is 4.22. The first-order valence-corrected chi connectivity index (χ1v) is 7.70. The molecule has 108 valence electrons. The lowest BCUT2D eigenvalue weighted by Crippen LogP contribution is -2.14. The third-order valence-corrected chi connectivity index (χ3v) is 4.13. The van der Waals surface area contributed by atoms with Crippen molar-refractivity contribution in [3.8, 4) is 0 Å². The number of carbonyl (C=O) groups is 2. The number of nitrogens with two attached hydrogens (primary N) is 1. The van der Waals surface area contributed by atoms with Gasteiger partial charge >= 0.3 is 0 Å². The van der Waals surface area contributed by atoms with Gasteiger partial charge in [0.25, 0.3) is 5.91 Å². The maximum atomic E-state index is 12.2. The lowest BCUT2D eigenvalue weighted by molar-refractivity contribution is 0.0998. The lowest BCUT2D eigenvalue weighted by atomic mass is 10.1. The number of hydrogen-bond acceptors (Lipinski definition) is 2. The van der Waals surface area contributed by atoms with Crippen LogP contribution in [0.15, 0.2) is 45.3 Å². The van der Waals surface area contributed by atoms with E-state index in [1.54, 1.807) is 24.3 Å². The topological polar surface area (TPSA) is 72.2 Å². The Kier molecular flexibility index (Phi) is 5.03. The molecule has 7 heteroatoms. The first kappa shape index (κ1) is 16.0. The second-order valence-corrected chi connectivity index (χ2v) is 6.31. The quantitative estimate of drug-likeness (QED) is 0.763. The van der Waals surface area contributed by atoms with Crippen LogP contribution in [0.1, 0.15) is 20.7 Å². The average molecular weight is 432 g/mol. The van der Waals surface area contributed by atoms with E-state index in [4.69, 9.17) is 17.3 Å². The summed E-state index contributed by atoms with van der Waals surface area (Å²) in [5, 5.41) is 2.89. The molecule has 0 aliphatic rings. The fourth-order valence-electron chi connectivity index (χ4n) is 1.66. The zero-order chi connectivity index (χ0) is 15.6. The van der Waals surface area contributed by atoms with Crippen LogP contribution in [-0.4, -0.2) is 11.8 Å². The minimum absolute atomic E-state index is 0.190. The van der Waals surface area contributed by atoms with Crippen molar-refractivity contribution in [2.75, 3.05) is 5.32 Å². The van der Waals surface area contributed by atoms with Crippen LogP contribution in [0.4, 0.5) is 5.69 Å². The largest absolute Gasteiger partial charge is 0.366 e. The molecule has 0 spiro atoms. The smallest absolute Gasteiger partial charge is 0.256 e. The van der Waals surface area contributed by atoms with Crippen molar-refractivity contribution in [1.82, 2.24) is 0 Å². The van der Waals surface area contributed by atoms with Gasteiger partial charge in [0, 0.05) is 14.6 Å². The summed E-state index contributed by atoms with van der Waals surface area (Å²) in [4.78, 5) is 23.3. The van der Waals surface area contributed by atoms with Crippen molar-refractivity contribution >= 4 is 61.0 Å². The SMILES string of the molecule is NC(=O)c1ccc(NC(=O)c2ccc(Br)cc2Br)cc1Cl. The number of nitrogens with one attached hydrogen (secondary N) is 1. The number of amides is 2. The van der Waals surface area contributed by atoms with E-state index in [9.17, 15) is 9.59 Å². The number of halogens is 3. The average Bonchev–Trinajstić information content (AvgIpc) is 2.37. The van der Waals surface area contributed by atoms with Crippen molar-refractivity contribution in [3.05, 3.63) is 61.5 Å². The Balaban J connectivity index is 2.23. The highest BCUT2D eigenvalue weighted by atomic mass is 79.9. The summed E-state index contributed by atoms with van der Waals surface area (Å²) in [7, 11) is 0. The van der Waals surface area contributed by atoms with Crippen molar-refractivity contribution in [2.24, 2.45) is 5.73 Å². The van der Waals surface area contributed by atoms with Gasteiger partial charge in [-0.2, -0.15) is 0 Å². The third-order valence-electron chi connectivity index (χ3n) is 2.67. The summed E-state index contributed by atoms with van der Waals surface area (Å²) >= 11 is 12.6. The molecule has 0 saturated carbocycles. The first-order chi connectivity index (χ1) is 9.88. The van der Waals surface area contributed by atoms with Gasteiger partial charge in [-0.05, 0) is 52.3 Å². The van der Waals surface area contributed by atoms with Crippen LogP contribution in [0.5, 0.6) is 0 Å². The van der Waals surface area contributed by atoms with Gasteiger partial charge < -0.3 is 11.1 Å². The van der Waals surface area contributed by atoms with Crippen LogP contribution in [0.3, 0.4) is 0 Å². The molecular formula is C14H9Br2ClN2O2. The number of rotatable bonds is 3. The molecule has 3 N–H and O–H groups in total. The molecule has 0 aromatic heterocycles. The molecule has 2 rings (SSSR count). The van der Waals surface area contributed by atoms with Gasteiger partial charge in [-0.1, -0.05) is 27.5 Å². The second-order valence-electron chi connectivity index (χ2n) is 4.14. The Bertz CT molecular complexity index is 735. The standard InChI is InChI=1S/C14H9Br2ClN2O2/c15-7-1-3-9(11(16)5-7)14(21)19-8-2-4-10(13(18)20)12(17)6-8/h1-6H,(H2,18,20)(H,19,21). The van der Waals surface area contributed by atoms with Crippen molar-refractivity contribution in [1.29, 1.82) is 0 Å². The molecule has 0 heterocycles. The Hall–Kier alpha value is -1.37. The molecular weight excluding hydrogens is 423 g/mol. The van der Waals surface area contributed by atoms with Crippen LogP contribution in [0.2, 0.25) is 5.02 Å². The predicted molar refractivity (Wildman–Crippen MR) is 89.8 cm³/mol. The monoisotopic (exact) mass is 430 g/mol. The Morgan fingerprint density at radius 2 is 1.71 bits per heavy atom. The molecule has 21 heavy (non-hydrogen) atoms. The molecule has 0 bridgehead atoms. The molecule has 0 atom stereocenters. The van der Waals surface area contributed by atoms with Crippen LogP contribution >= 0.6 is 43.5 Å². The van der Waals surface area contributed by atoms with Gasteiger partial charge in [0.05, 0.1) is 16.1 Å². The zero-order valence-corrected chi connectivity index (χ0v) is 14.4. The van der Waals surface area contributed by atoms with E-state index in [-0.39, 0.29) is 16.5 Å². The van der Waals surface area contributed by atoms with E-state index in [1.807, 2.05) is 0 Å². The summed E-state index contributed by atoms with van der Waals surface area (Å²) in [6.07, 6.45) is 0. The molecule has 0 fully saturated rings. The molecule has 2 aromatic carbocycles. The highest BCUT2D eigenvalue weighted by molar-refractivity contribution is 9.11. The molecule has 0 aliphatic heterocycles. The zero-order valence-electron chi connectivity index (χ0n) is 10.5. The van der Waals surface area contributed by atoms with E-state index in [2.05, 4.69) is 37.2 Å². The van der Waals surface area contributed by atoms with Gasteiger partial charge in [0.2, 0.25) is 5.91 Å². The maximum absolute atomic E-state index is 12.2. The third kappa shape index (κ3) is 3.84. The van der Waals surface area contributed by atoms with E-state index in [0.717, 1.165) is 4.47 Å². The molecule has 0 saturated heterocycles. The summed E-state index contributed by atoms with van der Waals surface area (Å²) in [5.41, 5.74) is 6.33. The van der Waals surface area contributed by atoms with E-state index < -0.39 is 5.91 Å². The van der Waals surface area contributed by atoms with Crippen molar-refractivity contribution < 1.29 is 9.59 Å². The highest BCUT2D eigenvalue weighted by Gasteiger charge is 2.12. The summed E-state index contributed by atoms with van der Waals surface area (Å²) in [5.74, 6) is -0.911. The molecule has 0 unspecified atom stereocenters. The van der Waals surface area contributed by atoms with Crippen LogP contribution in [-0.2, 0) is 0 Å². The molecule has 0 aliphatic carbocycles. The van der Waals surface area contributed by atoms with Crippen molar-refractivity contribution in [2.45, 2.75) is 0 Å². The second kappa shape index (κ2) is 6.60. The summed E-state index contributed by atoms with van der Waals surface area (Å²) in [6.45, 7) is 0. The van der Waals surface area contributed by atoms with Gasteiger partial charge in [-0.15, -0.1) is 0 Å². The minimum atomic E-state index is -0.617. The Morgan fingerprint density at radius 3 is 2.29 bits per heavy atom. The van der Waals surface area contributed by atoms with E-state index in [0.29, 0.717) is 15.7 Å². The number of anilines is 1. The molecule has 2 aromatic rings. The fraction of sp³-hybridized carbons (Fsp3) is 0. The number of hydrogen-bond donors (Lipinski definition) is 2. The maximum Gasteiger partial charge on any atom is 0.256 e. The molecule has 4 nitrogen and oxygen atoms in total. The minimum Gasteiger partial charge on any atom is -0.366 e. The van der Waals surface area contributed by atoms with E-state index in [1.165, 1.54) is 12.1 Å². The molecule has 0 radical (unpaired) electrons. The normalized spacial score (nSPS) is 10.2. The summed E-state index contributed by atoms with van der Waals surface area (Å²) in [6, 6.07) is 9.74. The van der Waals surface area contributed by atoms with Crippen LogP contribution < -0.4 is 11.1 Å². The van der Waals surface area contributed by atoms with Crippen molar-refractivity contribution in [3.63, 3.8) is 0 Å². The Labute approximate surface area is 142 Å². The number of primary amides is 1. The summed E-state index contributed by atoms with van der Waals surface area (Å²) < 4.78 is 1.52. The van der Waals surface area contributed by atoms with Gasteiger partial charge in [0.15, 0.2) is 0 Å². The van der Waals surface area contributed by atoms with Crippen LogP contribution in [0.25, 0.3) is 0 Å². The molecule has 2 amide bonds. The highest BCUT2D eigenvalue weighted by Crippen LogP contribution is 2.24. The number of carbonyl (C=O) groups excluding carboxylic acids is 2. The van der Waals surface area contributed by atoms with Crippen LogP contribution in [0, 0.1) is 0 Å². The number of benzene rings is 2. The lowest BCUT2D eigenvalue weighted by Gasteiger charge is -2.09.